The molecule has 0 bridgehead atoms. The molecule has 0 saturated carbocycles. The Morgan fingerprint density at radius 3 is 2.12 bits per heavy atom. The number of ether oxygens (including phenoxy) is 3. The Morgan fingerprint density at radius 2 is 1.54 bits per heavy atom. The number of aromatic nitrogens is 3. The molecular formula is C37H39F2N7O6. The maximum absolute atomic E-state index is 14.9. The molecular weight excluding hydrogens is 676 g/mol. The van der Waals surface area contributed by atoms with Gasteiger partial charge in [-0.15, -0.1) is 0 Å². The Hall–Kier alpha value is -5.41. The van der Waals surface area contributed by atoms with Crippen LogP contribution in [0.1, 0.15) is 19.4 Å². The summed E-state index contributed by atoms with van der Waals surface area (Å²) in [6.07, 6.45) is 3.39. The second-order valence-electron chi connectivity index (χ2n) is 13.3. The van der Waals surface area contributed by atoms with Gasteiger partial charge in [-0.05, 0) is 68.4 Å². The Kier molecular flexibility index (Phi) is 9.88. The fraction of sp³-hybridized carbons (Fsp3) is 0.378. The molecule has 3 saturated heterocycles. The number of halogens is 2. The summed E-state index contributed by atoms with van der Waals surface area (Å²) >= 11 is 0. The molecule has 4 aromatic rings. The van der Waals surface area contributed by atoms with Crippen LogP contribution in [0.2, 0.25) is 0 Å². The molecule has 3 aromatic carbocycles. The van der Waals surface area contributed by atoms with E-state index in [4.69, 9.17) is 14.2 Å². The molecule has 0 aliphatic carbocycles. The SMILES string of the molecule is CC(C)N1C(=O)N(c2ccc(N3CCN(c4ccc(OC[C@H]5OC[C@](Cn6cncn6)(c6ccc(F)cc6F)O5)cc4)CC3)cc2)C(C=O)C1C=O. The van der Waals surface area contributed by atoms with Gasteiger partial charge < -0.3 is 38.5 Å². The van der Waals surface area contributed by atoms with Crippen LogP contribution in [0, 0.1) is 11.6 Å². The van der Waals surface area contributed by atoms with Gasteiger partial charge in [0.1, 0.15) is 66.9 Å². The first kappa shape index (κ1) is 35.0. The van der Waals surface area contributed by atoms with Gasteiger partial charge in [0.15, 0.2) is 6.29 Å². The molecule has 3 aliphatic heterocycles. The molecule has 13 nitrogen and oxygen atoms in total. The largest absolute Gasteiger partial charge is 0.488 e. The van der Waals surface area contributed by atoms with Crippen LogP contribution < -0.4 is 19.4 Å². The molecule has 0 N–H and O–H groups in total. The zero-order valence-electron chi connectivity index (χ0n) is 28.8. The zero-order valence-corrected chi connectivity index (χ0v) is 28.8. The van der Waals surface area contributed by atoms with Crippen molar-refractivity contribution >= 4 is 35.7 Å². The number of carbonyl (C=O) groups excluding carboxylic acids is 3. The van der Waals surface area contributed by atoms with Crippen LogP contribution >= 0.6 is 0 Å². The number of carbonyl (C=O) groups is 3. The van der Waals surface area contributed by atoms with Gasteiger partial charge in [-0.3, -0.25) is 4.90 Å². The lowest BCUT2D eigenvalue weighted by molar-refractivity contribution is -0.117. The van der Waals surface area contributed by atoms with Crippen molar-refractivity contribution in [2.24, 2.45) is 0 Å². The van der Waals surface area contributed by atoms with E-state index in [1.807, 2.05) is 62.4 Å². The molecule has 2 amide bonds. The van der Waals surface area contributed by atoms with Crippen molar-refractivity contribution in [2.45, 2.75) is 50.4 Å². The highest BCUT2D eigenvalue weighted by Gasteiger charge is 2.48. The van der Waals surface area contributed by atoms with Crippen LogP contribution in [0.4, 0.5) is 30.6 Å². The average Bonchev–Trinajstić information content (AvgIpc) is 3.89. The van der Waals surface area contributed by atoms with E-state index in [9.17, 15) is 23.2 Å². The topological polar surface area (TPSA) is 123 Å². The number of anilines is 3. The highest BCUT2D eigenvalue weighted by atomic mass is 19.1. The standard InChI is InChI=1S/C37H39F2N7O6/c1-25(2)45-33(18-47)34(19-48)46(36(45)49)29-6-4-27(5-7-29)42-13-15-43(16-14-42)28-8-10-30(11-9-28)50-20-35-51-22-37(52-35,21-44-24-40-23-41-44)31-12-3-26(38)17-32(31)39/h3-12,17-19,23-25,33-35H,13-16,20-22H2,1-2H3/t33?,34?,35-,37+/m0/s1. The second-order valence-corrected chi connectivity index (χ2v) is 13.3. The first-order valence-corrected chi connectivity index (χ1v) is 17.1. The fourth-order valence-electron chi connectivity index (χ4n) is 7.17. The lowest BCUT2D eigenvalue weighted by Crippen LogP contribution is -2.46. The van der Waals surface area contributed by atoms with E-state index in [2.05, 4.69) is 19.9 Å². The van der Waals surface area contributed by atoms with Crippen molar-refractivity contribution in [3.8, 4) is 5.75 Å². The molecule has 3 aliphatic rings. The van der Waals surface area contributed by atoms with Gasteiger partial charge in [0, 0.05) is 60.9 Å². The van der Waals surface area contributed by atoms with Gasteiger partial charge in [0.25, 0.3) is 0 Å². The molecule has 4 heterocycles. The summed E-state index contributed by atoms with van der Waals surface area (Å²) in [7, 11) is 0. The number of rotatable bonds is 12. The van der Waals surface area contributed by atoms with Crippen LogP contribution in [0.5, 0.6) is 5.75 Å². The Bertz CT molecular complexity index is 1870. The van der Waals surface area contributed by atoms with E-state index >= 15 is 0 Å². The Balaban J connectivity index is 0.928. The molecule has 7 rings (SSSR count). The third kappa shape index (κ3) is 6.80. The third-order valence-electron chi connectivity index (χ3n) is 9.76. The minimum absolute atomic E-state index is 0.0100. The van der Waals surface area contributed by atoms with Gasteiger partial charge in [-0.2, -0.15) is 5.10 Å². The number of piperazine rings is 1. The van der Waals surface area contributed by atoms with E-state index in [-0.39, 0.29) is 37.4 Å². The van der Waals surface area contributed by atoms with Gasteiger partial charge in [0.05, 0.1) is 13.2 Å². The van der Waals surface area contributed by atoms with Gasteiger partial charge in [-0.1, -0.05) is 6.07 Å². The summed E-state index contributed by atoms with van der Waals surface area (Å²) in [5, 5.41) is 4.12. The van der Waals surface area contributed by atoms with Gasteiger partial charge in [-0.25, -0.2) is 23.2 Å². The summed E-state index contributed by atoms with van der Waals surface area (Å²) in [5.74, 6) is -0.814. The molecule has 52 heavy (non-hydrogen) atoms. The zero-order chi connectivity index (χ0) is 36.4. The smallest absolute Gasteiger partial charge is 0.326 e. The number of aldehydes is 2. The number of benzene rings is 3. The Morgan fingerprint density at radius 1 is 0.904 bits per heavy atom. The van der Waals surface area contributed by atoms with Crippen molar-refractivity contribution in [3.05, 3.63) is 96.6 Å². The van der Waals surface area contributed by atoms with Crippen molar-refractivity contribution in [1.29, 1.82) is 0 Å². The van der Waals surface area contributed by atoms with Gasteiger partial charge in [0.2, 0.25) is 0 Å². The van der Waals surface area contributed by atoms with E-state index in [1.165, 1.54) is 39.3 Å². The molecule has 2 unspecified atom stereocenters. The van der Waals surface area contributed by atoms with Crippen molar-refractivity contribution in [3.63, 3.8) is 0 Å². The van der Waals surface area contributed by atoms with E-state index in [1.54, 1.807) is 0 Å². The average molecular weight is 716 g/mol. The monoisotopic (exact) mass is 715 g/mol. The first-order chi connectivity index (χ1) is 25.2. The molecule has 0 radical (unpaired) electrons. The highest BCUT2D eigenvalue weighted by Crippen LogP contribution is 2.37. The highest BCUT2D eigenvalue weighted by molar-refractivity contribution is 6.03. The van der Waals surface area contributed by atoms with Crippen LogP contribution in [0.25, 0.3) is 0 Å². The molecule has 1 aromatic heterocycles. The maximum Gasteiger partial charge on any atom is 0.326 e. The van der Waals surface area contributed by atoms with Crippen molar-refractivity contribution in [2.75, 3.05) is 54.1 Å². The predicted molar refractivity (Wildman–Crippen MR) is 186 cm³/mol. The molecule has 15 heteroatoms. The number of hydrogen-bond donors (Lipinski definition) is 0. The molecule has 272 valence electrons. The van der Waals surface area contributed by atoms with Crippen LogP contribution in [-0.4, -0.2) is 102 Å². The predicted octanol–water partition coefficient (Wildman–Crippen LogP) is 4.02. The van der Waals surface area contributed by atoms with E-state index < -0.39 is 35.6 Å². The van der Waals surface area contributed by atoms with E-state index in [0.29, 0.717) is 24.0 Å². The quantitative estimate of drug-likeness (QED) is 0.199. The number of nitrogens with zero attached hydrogens (tertiary/aromatic N) is 7. The molecule has 4 atom stereocenters. The van der Waals surface area contributed by atoms with Gasteiger partial charge >= 0.3 is 6.03 Å². The first-order valence-electron chi connectivity index (χ1n) is 17.1. The minimum atomic E-state index is -1.25. The normalized spacial score (nSPS) is 23.5. The number of amides is 2. The molecule has 0 spiro atoms. The van der Waals surface area contributed by atoms with Crippen LogP contribution in [0.15, 0.2) is 79.4 Å². The Labute approximate surface area is 299 Å². The number of urea groups is 1. The minimum Gasteiger partial charge on any atom is -0.488 e. The maximum atomic E-state index is 14.9. The third-order valence-corrected chi connectivity index (χ3v) is 9.76. The molecule has 3 fully saturated rings. The van der Waals surface area contributed by atoms with Crippen molar-refractivity contribution < 1.29 is 37.4 Å². The lowest BCUT2D eigenvalue weighted by Gasteiger charge is -2.37. The van der Waals surface area contributed by atoms with Crippen LogP contribution in [-0.2, 0) is 31.2 Å². The second kappa shape index (κ2) is 14.7. The summed E-state index contributed by atoms with van der Waals surface area (Å²) < 4.78 is 48.2. The van der Waals surface area contributed by atoms with E-state index in [0.717, 1.165) is 43.6 Å². The van der Waals surface area contributed by atoms with Crippen molar-refractivity contribution in [1.82, 2.24) is 19.7 Å². The summed E-state index contributed by atoms with van der Waals surface area (Å²) in [5.41, 5.74) is 1.52. The lowest BCUT2D eigenvalue weighted by atomic mass is 9.94. The summed E-state index contributed by atoms with van der Waals surface area (Å²) in [6.45, 7) is 6.92. The fourth-order valence-corrected chi connectivity index (χ4v) is 7.17. The number of hydrogen-bond acceptors (Lipinski definition) is 10. The summed E-state index contributed by atoms with van der Waals surface area (Å²) in [4.78, 5) is 48.2. The van der Waals surface area contributed by atoms with Crippen LogP contribution in [0.3, 0.4) is 0 Å². The summed E-state index contributed by atoms with van der Waals surface area (Å²) in [6, 6.07) is 16.3.